The van der Waals surface area contributed by atoms with E-state index in [1.807, 2.05) is 0 Å². The molecule has 3 heteroatoms. The van der Waals surface area contributed by atoms with Crippen molar-refractivity contribution in [1.29, 1.82) is 0 Å². The van der Waals surface area contributed by atoms with Gasteiger partial charge in [-0.2, -0.15) is 0 Å². The maximum atomic E-state index is 2.47. The number of benzene rings is 11. The second-order valence-electron chi connectivity index (χ2n) is 19.0. The fourth-order valence-electron chi connectivity index (χ4n) is 11.6. The number of para-hydroxylation sites is 3. The molecule has 2 heterocycles. The molecule has 0 unspecified atom stereocenters. The van der Waals surface area contributed by atoms with Gasteiger partial charge in [-0.25, -0.2) is 0 Å². The maximum Gasteiger partial charge on any atom is 0.0561 e. The van der Waals surface area contributed by atoms with Crippen LogP contribution in [-0.2, 0) is 5.41 Å². The minimum absolute atomic E-state index is 0.143. The highest BCUT2D eigenvalue weighted by molar-refractivity contribution is 6.16. The third-order valence-electron chi connectivity index (χ3n) is 14.8. The first-order chi connectivity index (χ1) is 33.5. The second kappa shape index (κ2) is 14.7. The molecule has 0 saturated heterocycles. The number of aromatic nitrogens is 2. The summed E-state index contributed by atoms with van der Waals surface area (Å²) in [5.41, 5.74) is 18.1. The lowest BCUT2D eigenvalue weighted by molar-refractivity contribution is 0.660. The van der Waals surface area contributed by atoms with E-state index in [1.165, 1.54) is 98.5 Å². The van der Waals surface area contributed by atoms with Gasteiger partial charge in [0.2, 0.25) is 0 Å². The Balaban J connectivity index is 0.950. The van der Waals surface area contributed by atoms with Crippen molar-refractivity contribution < 1.29 is 0 Å². The van der Waals surface area contributed by atoms with Crippen LogP contribution in [0.4, 0.5) is 17.1 Å². The van der Waals surface area contributed by atoms with Crippen LogP contribution in [0.1, 0.15) is 25.0 Å². The van der Waals surface area contributed by atoms with Crippen molar-refractivity contribution in [3.63, 3.8) is 0 Å². The molecule has 0 atom stereocenters. The van der Waals surface area contributed by atoms with Gasteiger partial charge in [-0.05, 0) is 140 Å². The summed E-state index contributed by atoms with van der Waals surface area (Å²) < 4.78 is 4.84. The largest absolute Gasteiger partial charge is 0.310 e. The molecular weight excluding hydrogens is 823 g/mol. The average Bonchev–Trinajstić information content (AvgIpc) is 3.99. The van der Waals surface area contributed by atoms with Gasteiger partial charge in [0.1, 0.15) is 0 Å². The summed E-state index contributed by atoms with van der Waals surface area (Å²) >= 11 is 0. The molecule has 0 spiro atoms. The van der Waals surface area contributed by atoms with Crippen LogP contribution in [0.3, 0.4) is 0 Å². The normalized spacial score (nSPS) is 13.0. The van der Waals surface area contributed by atoms with Gasteiger partial charge in [0, 0.05) is 55.4 Å². The molecule has 13 aromatic rings. The monoisotopic (exact) mass is 867 g/mol. The Bertz CT molecular complexity index is 4190. The van der Waals surface area contributed by atoms with Crippen LogP contribution >= 0.6 is 0 Å². The van der Waals surface area contributed by atoms with Crippen molar-refractivity contribution >= 4 is 82.2 Å². The molecule has 0 saturated carbocycles. The van der Waals surface area contributed by atoms with Gasteiger partial charge < -0.3 is 14.0 Å². The number of fused-ring (bicyclic) bond motifs is 11. The summed E-state index contributed by atoms with van der Waals surface area (Å²) in [6, 6.07) is 87.6. The summed E-state index contributed by atoms with van der Waals surface area (Å²) in [7, 11) is 0. The summed E-state index contributed by atoms with van der Waals surface area (Å²) in [6.45, 7) is 4.74. The minimum Gasteiger partial charge on any atom is -0.310 e. The lowest BCUT2D eigenvalue weighted by atomic mass is 9.82. The highest BCUT2D eigenvalue weighted by atomic mass is 15.1. The van der Waals surface area contributed by atoms with Crippen molar-refractivity contribution in [2.24, 2.45) is 0 Å². The smallest absolute Gasteiger partial charge is 0.0561 e. The van der Waals surface area contributed by atoms with Gasteiger partial charge in [-0.1, -0.05) is 166 Å². The van der Waals surface area contributed by atoms with E-state index in [9.17, 15) is 0 Å². The lowest BCUT2D eigenvalue weighted by Gasteiger charge is -2.28. The van der Waals surface area contributed by atoms with Gasteiger partial charge in [0.15, 0.2) is 0 Å². The fourth-order valence-corrected chi connectivity index (χ4v) is 11.6. The molecule has 11 aromatic carbocycles. The average molecular weight is 868 g/mol. The third kappa shape index (κ3) is 5.72. The van der Waals surface area contributed by atoms with Crippen molar-refractivity contribution in [3.8, 4) is 33.6 Å². The Kier molecular flexibility index (Phi) is 8.33. The van der Waals surface area contributed by atoms with E-state index in [0.717, 1.165) is 28.4 Å². The molecule has 0 aliphatic heterocycles. The molecule has 0 N–H and O–H groups in total. The fraction of sp³-hybridized carbons (Fsp3) is 0.0462. The van der Waals surface area contributed by atoms with Crippen molar-refractivity contribution in [2.75, 3.05) is 4.90 Å². The first-order valence-corrected chi connectivity index (χ1v) is 23.7. The van der Waals surface area contributed by atoms with Crippen LogP contribution in [0.5, 0.6) is 0 Å². The molecule has 0 radical (unpaired) electrons. The Morgan fingerprint density at radius 1 is 0.324 bits per heavy atom. The Morgan fingerprint density at radius 3 is 1.78 bits per heavy atom. The topological polar surface area (TPSA) is 13.1 Å². The van der Waals surface area contributed by atoms with E-state index in [1.54, 1.807) is 0 Å². The first kappa shape index (κ1) is 38.6. The molecule has 0 amide bonds. The molecule has 1 aliphatic rings. The molecule has 0 fully saturated rings. The maximum absolute atomic E-state index is 2.47. The van der Waals surface area contributed by atoms with E-state index in [2.05, 4.69) is 264 Å². The Labute approximate surface area is 395 Å². The standard InChI is InChI=1S/C65H45N3/c1-65(2)58-23-11-8-19-53(58)54-35-33-50(40-59(54)65)66(51-34-36-56-55-20-9-12-24-60(55)68(63(56)41-51)49-31-29-42-15-6-7-16-43(42)38-49)48-32-30-44-37-46(28-27-45(44)39-48)52-22-14-26-62-64(52)57-21-10-13-25-61(57)67(62)47-17-4-3-5-18-47/h3-41H,1-2H3. The van der Waals surface area contributed by atoms with Gasteiger partial charge in [-0.15, -0.1) is 0 Å². The van der Waals surface area contributed by atoms with E-state index < -0.39 is 0 Å². The summed E-state index contributed by atoms with van der Waals surface area (Å²) in [5, 5.41) is 9.86. The zero-order chi connectivity index (χ0) is 45.1. The molecule has 1 aliphatic carbocycles. The summed E-state index contributed by atoms with van der Waals surface area (Å²) in [4.78, 5) is 2.47. The van der Waals surface area contributed by atoms with Gasteiger partial charge in [0.05, 0.1) is 22.1 Å². The lowest BCUT2D eigenvalue weighted by Crippen LogP contribution is -2.16. The predicted molar refractivity (Wildman–Crippen MR) is 288 cm³/mol. The molecule has 2 aromatic heterocycles. The number of hydrogen-bond donors (Lipinski definition) is 0. The SMILES string of the molecule is CC1(C)c2ccccc2-c2ccc(N(c3ccc4cc(-c5cccc6c5c5ccccc5n6-c5ccccc5)ccc4c3)c3ccc4c5ccccc5n(-c5ccc6ccccc6c5)c4c3)cc21. The first-order valence-electron chi connectivity index (χ1n) is 23.7. The number of anilines is 3. The molecule has 320 valence electrons. The molecular formula is C65H45N3. The predicted octanol–water partition coefficient (Wildman–Crippen LogP) is 17.6. The van der Waals surface area contributed by atoms with Crippen LogP contribution in [0.15, 0.2) is 237 Å². The third-order valence-corrected chi connectivity index (χ3v) is 14.8. The highest BCUT2D eigenvalue weighted by Gasteiger charge is 2.36. The number of hydrogen-bond acceptors (Lipinski definition) is 1. The zero-order valence-corrected chi connectivity index (χ0v) is 37.9. The van der Waals surface area contributed by atoms with Crippen LogP contribution in [0.25, 0.3) is 98.8 Å². The summed E-state index contributed by atoms with van der Waals surface area (Å²) in [6.07, 6.45) is 0. The highest BCUT2D eigenvalue weighted by Crippen LogP contribution is 2.51. The van der Waals surface area contributed by atoms with Crippen LogP contribution < -0.4 is 4.90 Å². The van der Waals surface area contributed by atoms with Crippen molar-refractivity contribution in [2.45, 2.75) is 19.3 Å². The van der Waals surface area contributed by atoms with Gasteiger partial charge in [-0.3, -0.25) is 0 Å². The van der Waals surface area contributed by atoms with E-state index >= 15 is 0 Å². The number of nitrogens with zero attached hydrogens (tertiary/aromatic N) is 3. The molecule has 3 nitrogen and oxygen atoms in total. The minimum atomic E-state index is -0.143. The van der Waals surface area contributed by atoms with E-state index in [0.29, 0.717) is 0 Å². The molecule has 68 heavy (non-hydrogen) atoms. The molecule has 14 rings (SSSR count). The van der Waals surface area contributed by atoms with Gasteiger partial charge >= 0.3 is 0 Å². The van der Waals surface area contributed by atoms with Crippen LogP contribution in [0, 0.1) is 0 Å². The summed E-state index contributed by atoms with van der Waals surface area (Å²) in [5.74, 6) is 0. The van der Waals surface area contributed by atoms with Crippen molar-refractivity contribution in [1.82, 2.24) is 9.13 Å². The Hall–Kier alpha value is -8.66. The van der Waals surface area contributed by atoms with E-state index in [4.69, 9.17) is 0 Å². The van der Waals surface area contributed by atoms with E-state index in [-0.39, 0.29) is 5.41 Å². The van der Waals surface area contributed by atoms with Crippen molar-refractivity contribution in [3.05, 3.63) is 248 Å². The molecule has 0 bridgehead atoms. The quantitative estimate of drug-likeness (QED) is 0.162. The zero-order valence-electron chi connectivity index (χ0n) is 37.9. The van der Waals surface area contributed by atoms with Crippen LogP contribution in [-0.4, -0.2) is 9.13 Å². The second-order valence-corrected chi connectivity index (χ2v) is 19.0. The number of rotatable bonds is 6. The van der Waals surface area contributed by atoms with Crippen LogP contribution in [0.2, 0.25) is 0 Å². The van der Waals surface area contributed by atoms with Gasteiger partial charge in [0.25, 0.3) is 0 Å². The Morgan fingerprint density at radius 2 is 0.897 bits per heavy atom.